The Bertz CT molecular complexity index is 551. The van der Waals surface area contributed by atoms with E-state index in [0.29, 0.717) is 0 Å². The minimum atomic E-state index is 0.999. The molecule has 0 radical (unpaired) electrons. The van der Waals surface area contributed by atoms with E-state index in [4.69, 9.17) is 0 Å². The third kappa shape index (κ3) is 14.0. The van der Waals surface area contributed by atoms with Gasteiger partial charge in [0.05, 0.1) is 0 Å². The van der Waals surface area contributed by atoms with Gasteiger partial charge >= 0.3 is 0 Å². The van der Waals surface area contributed by atoms with Crippen LogP contribution in [0.15, 0.2) is 64.9 Å². The maximum Gasteiger partial charge on any atom is 0.0340 e. The smallest absolute Gasteiger partial charge is 0.0340 e. The van der Waals surface area contributed by atoms with Gasteiger partial charge in [-0.05, 0) is 64.2 Å². The minimum Gasteiger partial charge on any atom is -0.388 e. The molecule has 1 rings (SSSR count). The molecule has 0 aliphatic heterocycles. The zero-order valence-corrected chi connectivity index (χ0v) is 19.6. The van der Waals surface area contributed by atoms with Gasteiger partial charge in [-0.15, -0.1) is 0 Å². The van der Waals surface area contributed by atoms with Gasteiger partial charge in [0.25, 0.3) is 0 Å². The first-order chi connectivity index (χ1) is 12.8. The molecule has 1 aromatic carbocycles. The molecule has 154 valence electrons. The molecule has 0 aliphatic carbocycles. The van der Waals surface area contributed by atoms with Crippen LogP contribution in [0.3, 0.4) is 0 Å². The van der Waals surface area contributed by atoms with E-state index in [0.717, 1.165) is 5.70 Å². The van der Waals surface area contributed by atoms with E-state index in [1.54, 1.807) is 0 Å². The fourth-order valence-electron chi connectivity index (χ4n) is 2.30. The van der Waals surface area contributed by atoms with Gasteiger partial charge in [0.2, 0.25) is 0 Å². The average Bonchev–Trinajstić information content (AvgIpc) is 2.67. The second-order valence-corrected chi connectivity index (χ2v) is 7.32. The Balaban J connectivity index is 0. The van der Waals surface area contributed by atoms with Gasteiger partial charge in [-0.1, -0.05) is 88.1 Å². The molecular formula is C26H45N. The second kappa shape index (κ2) is 17.6. The van der Waals surface area contributed by atoms with Crippen LogP contribution in [-0.2, 0) is 6.42 Å². The van der Waals surface area contributed by atoms with E-state index in [1.165, 1.54) is 60.0 Å². The Hall–Kier alpha value is -1.76. The fraction of sp³-hybridized carbons (Fsp3) is 0.538. The van der Waals surface area contributed by atoms with Crippen molar-refractivity contribution in [3.8, 4) is 0 Å². The maximum absolute atomic E-state index is 4.00. The standard InChI is InChI=1S/C12H21N.C10H14.C4H10/c1-8(2)10(5)12(9(3)4)11(6)13-7;1-2-3-7-10-8-5-4-6-9-10;1-3-4-2/h13H,6H2,1-5,7H3;4-6,8-9H,2-3,7H2,1H3;3-4H2,1-2H3. The highest BCUT2D eigenvalue weighted by molar-refractivity contribution is 5.47. The zero-order chi connectivity index (χ0) is 21.2. The largest absolute Gasteiger partial charge is 0.388 e. The monoisotopic (exact) mass is 371 g/mol. The summed E-state index contributed by atoms with van der Waals surface area (Å²) in [5.41, 5.74) is 7.68. The number of nitrogens with one attached hydrogen (secondary N) is 1. The zero-order valence-electron chi connectivity index (χ0n) is 19.6. The van der Waals surface area contributed by atoms with E-state index in [9.17, 15) is 0 Å². The van der Waals surface area contributed by atoms with E-state index in [2.05, 4.69) is 97.6 Å². The van der Waals surface area contributed by atoms with Crippen LogP contribution in [0, 0.1) is 0 Å². The first-order valence-corrected chi connectivity index (χ1v) is 10.5. The molecular weight excluding hydrogens is 326 g/mol. The van der Waals surface area contributed by atoms with Gasteiger partial charge < -0.3 is 5.32 Å². The Kier molecular flexibility index (Phi) is 17.9. The molecule has 0 saturated heterocycles. The molecule has 1 nitrogen and oxygen atoms in total. The average molecular weight is 372 g/mol. The molecule has 0 atom stereocenters. The Morgan fingerprint density at radius 3 is 1.67 bits per heavy atom. The quantitative estimate of drug-likeness (QED) is 0.476. The van der Waals surface area contributed by atoms with Crippen molar-refractivity contribution < 1.29 is 0 Å². The molecule has 0 spiro atoms. The van der Waals surface area contributed by atoms with E-state index < -0.39 is 0 Å². The van der Waals surface area contributed by atoms with Crippen LogP contribution in [0.4, 0.5) is 0 Å². The topological polar surface area (TPSA) is 12.0 Å². The summed E-state index contributed by atoms with van der Waals surface area (Å²) in [6, 6.07) is 10.6. The maximum atomic E-state index is 4.00. The second-order valence-electron chi connectivity index (χ2n) is 7.32. The molecule has 1 aromatic rings. The predicted molar refractivity (Wildman–Crippen MR) is 126 cm³/mol. The summed E-state index contributed by atoms with van der Waals surface area (Å²) in [6.45, 7) is 21.2. The molecule has 0 amide bonds. The summed E-state index contributed by atoms with van der Waals surface area (Å²) in [6.07, 6.45) is 6.47. The minimum absolute atomic E-state index is 0.999. The summed E-state index contributed by atoms with van der Waals surface area (Å²) in [4.78, 5) is 0. The number of likely N-dealkylation sites (N-methyl/N-ethyl adjacent to an activating group) is 1. The highest BCUT2D eigenvalue weighted by Crippen LogP contribution is 2.22. The third-order valence-electron chi connectivity index (χ3n) is 4.39. The lowest BCUT2D eigenvalue weighted by Gasteiger charge is -2.15. The number of hydrogen-bond acceptors (Lipinski definition) is 1. The third-order valence-corrected chi connectivity index (χ3v) is 4.39. The molecule has 0 fully saturated rings. The van der Waals surface area contributed by atoms with Crippen LogP contribution in [0.1, 0.15) is 86.6 Å². The highest BCUT2D eigenvalue weighted by atomic mass is 14.8. The molecule has 27 heavy (non-hydrogen) atoms. The van der Waals surface area contributed by atoms with Crippen molar-refractivity contribution in [1.29, 1.82) is 0 Å². The van der Waals surface area contributed by atoms with Crippen LogP contribution < -0.4 is 5.32 Å². The highest BCUT2D eigenvalue weighted by Gasteiger charge is 2.06. The first-order valence-electron chi connectivity index (χ1n) is 10.5. The predicted octanol–water partition coefficient (Wildman–Crippen LogP) is 8.25. The molecule has 0 aromatic heterocycles. The molecule has 0 aliphatic rings. The van der Waals surface area contributed by atoms with Crippen molar-refractivity contribution in [3.05, 3.63) is 70.5 Å². The molecule has 1 N–H and O–H groups in total. The Morgan fingerprint density at radius 2 is 1.33 bits per heavy atom. The van der Waals surface area contributed by atoms with Gasteiger partial charge in [0.1, 0.15) is 0 Å². The van der Waals surface area contributed by atoms with E-state index >= 15 is 0 Å². The van der Waals surface area contributed by atoms with E-state index in [1.807, 2.05) is 7.05 Å². The van der Waals surface area contributed by atoms with Gasteiger partial charge in [-0.2, -0.15) is 0 Å². The van der Waals surface area contributed by atoms with Gasteiger partial charge in [0, 0.05) is 12.7 Å². The van der Waals surface area contributed by atoms with Crippen LogP contribution in [-0.4, -0.2) is 7.05 Å². The summed E-state index contributed by atoms with van der Waals surface area (Å²) in [5, 5.41) is 3.10. The number of aryl methyl sites for hydroxylation is 1. The lowest BCUT2D eigenvalue weighted by Crippen LogP contribution is -2.09. The van der Waals surface area contributed by atoms with Crippen molar-refractivity contribution in [2.24, 2.45) is 0 Å². The number of unbranched alkanes of at least 4 members (excludes halogenated alkanes) is 2. The van der Waals surface area contributed by atoms with E-state index in [-0.39, 0.29) is 0 Å². The number of benzene rings is 1. The van der Waals surface area contributed by atoms with Crippen LogP contribution >= 0.6 is 0 Å². The molecule has 0 heterocycles. The van der Waals surface area contributed by atoms with Crippen molar-refractivity contribution >= 4 is 0 Å². The van der Waals surface area contributed by atoms with Crippen LogP contribution in [0.25, 0.3) is 0 Å². The fourth-order valence-corrected chi connectivity index (χ4v) is 2.30. The first kappa shape index (κ1) is 27.5. The van der Waals surface area contributed by atoms with Gasteiger partial charge in [0.15, 0.2) is 0 Å². The van der Waals surface area contributed by atoms with Crippen molar-refractivity contribution in [1.82, 2.24) is 5.32 Å². The summed E-state index contributed by atoms with van der Waals surface area (Å²) in [5.74, 6) is 0. The van der Waals surface area contributed by atoms with Crippen molar-refractivity contribution in [2.75, 3.05) is 7.05 Å². The summed E-state index contributed by atoms with van der Waals surface area (Å²) in [7, 11) is 1.91. The summed E-state index contributed by atoms with van der Waals surface area (Å²) >= 11 is 0. The lowest BCUT2D eigenvalue weighted by molar-refractivity contribution is 0.795. The normalized spacial score (nSPS) is 9.07. The Morgan fingerprint density at radius 1 is 0.815 bits per heavy atom. The number of rotatable bonds is 7. The van der Waals surface area contributed by atoms with Crippen molar-refractivity contribution in [3.63, 3.8) is 0 Å². The Labute approximate surface area is 170 Å². The number of hydrogen-bond donors (Lipinski definition) is 1. The van der Waals surface area contributed by atoms with Gasteiger partial charge in [-0.25, -0.2) is 0 Å². The lowest BCUT2D eigenvalue weighted by atomic mass is 9.97. The molecule has 0 bridgehead atoms. The van der Waals surface area contributed by atoms with Gasteiger partial charge in [-0.3, -0.25) is 0 Å². The summed E-state index contributed by atoms with van der Waals surface area (Å²) < 4.78 is 0. The molecule has 0 unspecified atom stereocenters. The van der Waals surface area contributed by atoms with Crippen LogP contribution in [0.5, 0.6) is 0 Å². The number of allylic oxidation sites excluding steroid dienone is 3. The SMILES string of the molecule is C=C(NC)C(=C(C)C)C(C)=C(C)C.CCCC.CCCCc1ccccc1. The molecule has 1 heteroatoms. The van der Waals surface area contributed by atoms with Crippen molar-refractivity contribution in [2.45, 2.75) is 87.5 Å². The molecule has 0 saturated carbocycles. The van der Waals surface area contributed by atoms with Crippen LogP contribution in [0.2, 0.25) is 0 Å².